The maximum atomic E-state index is 6.20. The van der Waals surface area contributed by atoms with Crippen LogP contribution in [0.15, 0.2) is 22.8 Å². The lowest BCUT2D eigenvalue weighted by Crippen LogP contribution is -2.10. The fourth-order valence-corrected chi connectivity index (χ4v) is 2.57. The maximum Gasteiger partial charge on any atom is 0.0998 e. The van der Waals surface area contributed by atoms with Crippen LogP contribution in [0.2, 0.25) is 10.0 Å². The molecule has 0 aliphatic carbocycles. The SMILES string of the molecule is CCCC(N)c1cn(-c2ccc(Br)c(Cl)c2Cl)nn1. The van der Waals surface area contributed by atoms with E-state index >= 15 is 0 Å². The Hall–Kier alpha value is -0.620. The van der Waals surface area contributed by atoms with Crippen molar-refractivity contribution in [3.63, 3.8) is 0 Å². The fraction of sp³-hybridized carbons (Fsp3) is 0.333. The van der Waals surface area contributed by atoms with Crippen LogP contribution in [0.3, 0.4) is 0 Å². The van der Waals surface area contributed by atoms with Crippen LogP contribution >= 0.6 is 39.1 Å². The monoisotopic (exact) mass is 362 g/mol. The Balaban J connectivity index is 2.36. The molecule has 19 heavy (non-hydrogen) atoms. The summed E-state index contributed by atoms with van der Waals surface area (Å²) in [5.41, 5.74) is 7.43. The van der Waals surface area contributed by atoms with Gasteiger partial charge in [-0.25, -0.2) is 4.68 Å². The zero-order valence-corrected chi connectivity index (χ0v) is 13.4. The normalized spacial score (nSPS) is 12.7. The molecule has 0 saturated carbocycles. The molecular formula is C12H13BrCl2N4. The first kappa shape index (κ1) is 14.8. The van der Waals surface area contributed by atoms with Crippen molar-refractivity contribution in [2.45, 2.75) is 25.8 Å². The smallest absolute Gasteiger partial charge is 0.0998 e. The number of nitrogens with zero attached hydrogens (tertiary/aromatic N) is 3. The summed E-state index contributed by atoms with van der Waals surface area (Å²) in [4.78, 5) is 0. The van der Waals surface area contributed by atoms with E-state index in [1.54, 1.807) is 10.9 Å². The second kappa shape index (κ2) is 6.22. The molecule has 0 amide bonds. The standard InChI is InChI=1S/C12H13BrCl2N4/c1-2-3-8(16)9-6-19(18-17-9)10-5-4-7(13)11(14)12(10)15/h4-6,8H,2-3,16H2,1H3. The largest absolute Gasteiger partial charge is 0.323 e. The fourth-order valence-electron chi connectivity index (χ4n) is 1.72. The molecule has 1 aromatic carbocycles. The molecule has 2 aromatic rings. The summed E-state index contributed by atoms with van der Waals surface area (Å²) in [5, 5.41) is 9.01. The van der Waals surface area contributed by atoms with Crippen molar-refractivity contribution in [1.82, 2.24) is 15.0 Å². The predicted molar refractivity (Wildman–Crippen MR) is 80.9 cm³/mol. The maximum absolute atomic E-state index is 6.20. The highest BCUT2D eigenvalue weighted by Gasteiger charge is 2.14. The summed E-state index contributed by atoms with van der Waals surface area (Å²) in [5.74, 6) is 0. The molecule has 1 atom stereocenters. The Morgan fingerprint density at radius 1 is 1.37 bits per heavy atom. The summed E-state index contributed by atoms with van der Waals surface area (Å²) >= 11 is 15.6. The van der Waals surface area contributed by atoms with Gasteiger partial charge in [0.1, 0.15) is 0 Å². The highest BCUT2D eigenvalue weighted by Crippen LogP contribution is 2.34. The van der Waals surface area contributed by atoms with Gasteiger partial charge in [-0.1, -0.05) is 41.8 Å². The van der Waals surface area contributed by atoms with Gasteiger partial charge in [-0.05, 0) is 34.5 Å². The lowest BCUT2D eigenvalue weighted by Gasteiger charge is -2.07. The van der Waals surface area contributed by atoms with E-state index in [0.717, 1.165) is 23.0 Å². The van der Waals surface area contributed by atoms with Gasteiger partial charge in [0.25, 0.3) is 0 Å². The number of hydrogen-bond acceptors (Lipinski definition) is 3. The number of rotatable bonds is 4. The van der Waals surface area contributed by atoms with E-state index in [4.69, 9.17) is 28.9 Å². The third-order valence-electron chi connectivity index (χ3n) is 2.75. The van der Waals surface area contributed by atoms with Crippen LogP contribution in [0.25, 0.3) is 5.69 Å². The Labute approximate surface area is 130 Å². The van der Waals surface area contributed by atoms with Crippen molar-refractivity contribution in [2.75, 3.05) is 0 Å². The molecule has 1 aromatic heterocycles. The van der Waals surface area contributed by atoms with Crippen LogP contribution in [-0.4, -0.2) is 15.0 Å². The van der Waals surface area contributed by atoms with E-state index in [9.17, 15) is 0 Å². The summed E-state index contributed by atoms with van der Waals surface area (Å²) in [6.07, 6.45) is 3.65. The van der Waals surface area contributed by atoms with Gasteiger partial charge in [-0.2, -0.15) is 0 Å². The van der Waals surface area contributed by atoms with Gasteiger partial charge in [-0.3, -0.25) is 0 Å². The number of nitrogens with two attached hydrogens (primary N) is 1. The van der Waals surface area contributed by atoms with Crippen LogP contribution < -0.4 is 5.73 Å². The molecule has 0 radical (unpaired) electrons. The topological polar surface area (TPSA) is 56.7 Å². The molecule has 0 bridgehead atoms. The lowest BCUT2D eigenvalue weighted by atomic mass is 10.1. The van der Waals surface area contributed by atoms with Gasteiger partial charge in [0.05, 0.1) is 33.7 Å². The molecule has 1 unspecified atom stereocenters. The van der Waals surface area contributed by atoms with Crippen LogP contribution in [0.1, 0.15) is 31.5 Å². The number of aromatic nitrogens is 3. The quantitative estimate of drug-likeness (QED) is 0.830. The third kappa shape index (κ3) is 3.11. The van der Waals surface area contributed by atoms with Gasteiger partial charge in [0, 0.05) is 4.47 Å². The lowest BCUT2D eigenvalue weighted by molar-refractivity contribution is 0.619. The molecule has 1 heterocycles. The van der Waals surface area contributed by atoms with E-state index in [0.29, 0.717) is 15.7 Å². The third-order valence-corrected chi connectivity index (χ3v) is 4.51. The van der Waals surface area contributed by atoms with E-state index in [1.165, 1.54) is 0 Å². The first-order valence-corrected chi connectivity index (χ1v) is 7.41. The van der Waals surface area contributed by atoms with E-state index in [-0.39, 0.29) is 6.04 Å². The zero-order valence-electron chi connectivity index (χ0n) is 10.3. The molecule has 7 heteroatoms. The van der Waals surface area contributed by atoms with Crippen LogP contribution in [-0.2, 0) is 0 Å². The highest BCUT2D eigenvalue weighted by molar-refractivity contribution is 9.10. The van der Waals surface area contributed by atoms with Crippen molar-refractivity contribution in [3.05, 3.63) is 38.5 Å². The molecule has 2 N–H and O–H groups in total. The zero-order chi connectivity index (χ0) is 14.0. The minimum atomic E-state index is -0.108. The van der Waals surface area contributed by atoms with E-state index in [1.807, 2.05) is 12.1 Å². The van der Waals surface area contributed by atoms with Gasteiger partial charge in [0.2, 0.25) is 0 Å². The first-order valence-electron chi connectivity index (χ1n) is 5.86. The molecule has 4 nitrogen and oxygen atoms in total. The Morgan fingerprint density at radius 3 is 2.79 bits per heavy atom. The average Bonchev–Trinajstić information content (AvgIpc) is 2.86. The molecule has 0 saturated heterocycles. The number of hydrogen-bond donors (Lipinski definition) is 1. The van der Waals surface area contributed by atoms with Crippen LogP contribution in [0, 0.1) is 0 Å². The summed E-state index contributed by atoms with van der Waals surface area (Å²) < 4.78 is 2.33. The molecule has 0 aliphatic heterocycles. The van der Waals surface area contributed by atoms with Gasteiger partial charge in [0.15, 0.2) is 0 Å². The molecule has 0 spiro atoms. The van der Waals surface area contributed by atoms with Crippen LogP contribution in [0.4, 0.5) is 0 Å². The minimum Gasteiger partial charge on any atom is -0.323 e. The summed E-state index contributed by atoms with van der Waals surface area (Å²) in [6.45, 7) is 2.08. The highest BCUT2D eigenvalue weighted by atomic mass is 79.9. The Bertz CT molecular complexity index is 585. The van der Waals surface area contributed by atoms with Gasteiger partial charge >= 0.3 is 0 Å². The molecule has 2 rings (SSSR count). The molecule has 102 valence electrons. The Kier molecular flexibility index (Phi) is 4.84. The van der Waals surface area contributed by atoms with Crippen LogP contribution in [0.5, 0.6) is 0 Å². The van der Waals surface area contributed by atoms with Crippen molar-refractivity contribution in [1.29, 1.82) is 0 Å². The van der Waals surface area contributed by atoms with E-state index in [2.05, 4.69) is 33.2 Å². The number of benzene rings is 1. The molecular weight excluding hydrogens is 351 g/mol. The minimum absolute atomic E-state index is 0.108. The van der Waals surface area contributed by atoms with Crippen molar-refractivity contribution >= 4 is 39.1 Å². The second-order valence-corrected chi connectivity index (χ2v) is 5.79. The first-order chi connectivity index (χ1) is 9.04. The Morgan fingerprint density at radius 2 is 2.11 bits per heavy atom. The van der Waals surface area contributed by atoms with Crippen molar-refractivity contribution in [2.24, 2.45) is 5.73 Å². The average molecular weight is 364 g/mol. The van der Waals surface area contributed by atoms with Gasteiger partial charge < -0.3 is 5.73 Å². The van der Waals surface area contributed by atoms with Crippen molar-refractivity contribution < 1.29 is 0 Å². The second-order valence-electron chi connectivity index (χ2n) is 4.18. The van der Waals surface area contributed by atoms with E-state index < -0.39 is 0 Å². The molecule has 0 fully saturated rings. The summed E-state index contributed by atoms with van der Waals surface area (Å²) in [6, 6.07) is 3.53. The molecule has 0 aliphatic rings. The number of halogens is 3. The summed E-state index contributed by atoms with van der Waals surface area (Å²) in [7, 11) is 0. The van der Waals surface area contributed by atoms with Gasteiger partial charge in [-0.15, -0.1) is 5.10 Å². The van der Waals surface area contributed by atoms with Crippen molar-refractivity contribution in [3.8, 4) is 5.69 Å². The predicted octanol–water partition coefficient (Wildman–Crippen LogP) is 4.14.